The van der Waals surface area contributed by atoms with Crippen LogP contribution in [0.15, 0.2) is 18.2 Å². The van der Waals surface area contributed by atoms with E-state index >= 15 is 0 Å². The Morgan fingerprint density at radius 2 is 1.95 bits per heavy atom. The second-order valence-corrected chi connectivity index (χ2v) is 5.24. The summed E-state index contributed by atoms with van der Waals surface area (Å²) in [6.07, 6.45) is 0. The predicted octanol–water partition coefficient (Wildman–Crippen LogP) is 2.39. The molecule has 19 heavy (non-hydrogen) atoms. The highest BCUT2D eigenvalue weighted by Crippen LogP contribution is 2.19. The first kappa shape index (κ1) is 15.6. The van der Waals surface area contributed by atoms with Gasteiger partial charge in [0.15, 0.2) is 11.6 Å². The minimum Gasteiger partial charge on any atom is -0.359 e. The van der Waals surface area contributed by atoms with Gasteiger partial charge in [0.05, 0.1) is 5.41 Å². The van der Waals surface area contributed by atoms with E-state index in [1.807, 2.05) is 20.8 Å². The molecular formula is C14H20F2N2O. The fourth-order valence-electron chi connectivity index (χ4n) is 1.73. The van der Waals surface area contributed by atoms with Crippen LogP contribution in [0.1, 0.15) is 32.4 Å². The van der Waals surface area contributed by atoms with Crippen molar-refractivity contribution in [2.45, 2.75) is 26.8 Å². The fraction of sp³-hybridized carbons (Fsp3) is 0.500. The van der Waals surface area contributed by atoms with Gasteiger partial charge in [-0.2, -0.15) is 0 Å². The molecule has 1 unspecified atom stereocenters. The molecule has 0 aliphatic rings. The van der Waals surface area contributed by atoms with Crippen LogP contribution < -0.4 is 10.6 Å². The van der Waals surface area contributed by atoms with Gasteiger partial charge in [0.2, 0.25) is 5.91 Å². The standard InChI is InChI=1S/C14H20F2N2O/c1-9(10-5-6-11(15)12(16)7-10)18-8-14(2,3)13(19)17-4/h5-7,9,18H,8H2,1-4H3,(H,17,19). The molecule has 0 aliphatic carbocycles. The van der Waals surface area contributed by atoms with Crippen molar-refractivity contribution in [3.8, 4) is 0 Å². The number of amides is 1. The molecule has 1 aromatic rings. The topological polar surface area (TPSA) is 41.1 Å². The first-order valence-electron chi connectivity index (χ1n) is 6.18. The number of halogens is 2. The maximum atomic E-state index is 13.1. The Morgan fingerprint density at radius 1 is 1.32 bits per heavy atom. The SMILES string of the molecule is CNC(=O)C(C)(C)CNC(C)c1ccc(F)c(F)c1. The monoisotopic (exact) mass is 270 g/mol. The predicted molar refractivity (Wildman–Crippen MR) is 70.6 cm³/mol. The van der Waals surface area contributed by atoms with Crippen LogP contribution in [0.4, 0.5) is 8.78 Å². The molecule has 0 aliphatic heterocycles. The third kappa shape index (κ3) is 3.99. The second-order valence-electron chi connectivity index (χ2n) is 5.24. The number of carbonyl (C=O) groups is 1. The maximum Gasteiger partial charge on any atom is 0.226 e. The summed E-state index contributed by atoms with van der Waals surface area (Å²) in [5, 5.41) is 5.75. The number of hydrogen-bond donors (Lipinski definition) is 2. The molecule has 0 fully saturated rings. The largest absolute Gasteiger partial charge is 0.359 e. The Kier molecular flexibility index (Phi) is 5.00. The van der Waals surface area contributed by atoms with E-state index in [1.165, 1.54) is 12.1 Å². The summed E-state index contributed by atoms with van der Waals surface area (Å²) in [6.45, 7) is 5.91. The van der Waals surface area contributed by atoms with Crippen LogP contribution in [0.5, 0.6) is 0 Å². The van der Waals surface area contributed by atoms with Crippen molar-refractivity contribution in [2.75, 3.05) is 13.6 Å². The van der Waals surface area contributed by atoms with Crippen LogP contribution in [0.2, 0.25) is 0 Å². The van der Waals surface area contributed by atoms with Gasteiger partial charge < -0.3 is 10.6 Å². The van der Waals surface area contributed by atoms with E-state index in [1.54, 1.807) is 7.05 Å². The third-order valence-corrected chi connectivity index (χ3v) is 3.14. The zero-order chi connectivity index (χ0) is 14.6. The maximum absolute atomic E-state index is 13.1. The Morgan fingerprint density at radius 3 is 2.47 bits per heavy atom. The number of rotatable bonds is 5. The lowest BCUT2D eigenvalue weighted by Gasteiger charge is -2.25. The number of carbonyl (C=O) groups excluding carboxylic acids is 1. The Hall–Kier alpha value is -1.49. The first-order chi connectivity index (χ1) is 8.77. The molecule has 0 radical (unpaired) electrons. The van der Waals surface area contributed by atoms with E-state index in [0.29, 0.717) is 12.1 Å². The lowest BCUT2D eigenvalue weighted by Crippen LogP contribution is -2.42. The lowest BCUT2D eigenvalue weighted by molar-refractivity contribution is -0.128. The number of hydrogen-bond acceptors (Lipinski definition) is 2. The number of nitrogens with one attached hydrogen (secondary N) is 2. The van der Waals surface area contributed by atoms with Gasteiger partial charge in [0.25, 0.3) is 0 Å². The summed E-state index contributed by atoms with van der Waals surface area (Å²) in [6, 6.07) is 3.63. The van der Waals surface area contributed by atoms with Gasteiger partial charge in [-0.25, -0.2) is 8.78 Å². The molecule has 0 heterocycles. The van der Waals surface area contributed by atoms with Crippen LogP contribution in [0.25, 0.3) is 0 Å². The van der Waals surface area contributed by atoms with Crippen LogP contribution >= 0.6 is 0 Å². The van der Waals surface area contributed by atoms with Crippen molar-refractivity contribution in [3.05, 3.63) is 35.4 Å². The van der Waals surface area contributed by atoms with Crippen molar-refractivity contribution in [1.82, 2.24) is 10.6 Å². The molecular weight excluding hydrogens is 250 g/mol. The average molecular weight is 270 g/mol. The highest BCUT2D eigenvalue weighted by Gasteiger charge is 2.26. The molecule has 0 saturated carbocycles. The summed E-state index contributed by atoms with van der Waals surface area (Å²) in [5.41, 5.74) is 0.0771. The highest BCUT2D eigenvalue weighted by atomic mass is 19.2. The zero-order valence-corrected chi connectivity index (χ0v) is 11.7. The van der Waals surface area contributed by atoms with Gasteiger partial charge in [-0.1, -0.05) is 6.07 Å². The first-order valence-corrected chi connectivity index (χ1v) is 6.18. The van der Waals surface area contributed by atoms with Gasteiger partial charge in [-0.3, -0.25) is 4.79 Å². The van der Waals surface area contributed by atoms with Gasteiger partial charge in [-0.05, 0) is 38.5 Å². The summed E-state index contributed by atoms with van der Waals surface area (Å²) in [5.74, 6) is -1.80. The molecule has 2 N–H and O–H groups in total. The van der Waals surface area contributed by atoms with E-state index in [-0.39, 0.29) is 11.9 Å². The van der Waals surface area contributed by atoms with E-state index < -0.39 is 17.0 Å². The minimum absolute atomic E-state index is 0.0718. The van der Waals surface area contributed by atoms with Gasteiger partial charge >= 0.3 is 0 Å². The van der Waals surface area contributed by atoms with Gasteiger partial charge in [-0.15, -0.1) is 0 Å². The van der Waals surface area contributed by atoms with Crippen LogP contribution in [-0.2, 0) is 4.79 Å². The van der Waals surface area contributed by atoms with Crippen LogP contribution in [-0.4, -0.2) is 19.5 Å². The molecule has 1 atom stereocenters. The molecule has 1 amide bonds. The molecule has 0 bridgehead atoms. The van der Waals surface area contributed by atoms with E-state index in [2.05, 4.69) is 10.6 Å². The molecule has 106 valence electrons. The molecule has 1 aromatic carbocycles. The Labute approximate surface area is 112 Å². The van der Waals surface area contributed by atoms with Crippen molar-refractivity contribution in [1.29, 1.82) is 0 Å². The van der Waals surface area contributed by atoms with Gasteiger partial charge in [0.1, 0.15) is 0 Å². The Bertz CT molecular complexity index is 461. The van der Waals surface area contributed by atoms with E-state index in [9.17, 15) is 13.6 Å². The summed E-state index contributed by atoms with van der Waals surface area (Å²) in [4.78, 5) is 11.6. The van der Waals surface area contributed by atoms with Crippen molar-refractivity contribution in [2.24, 2.45) is 5.41 Å². The third-order valence-electron chi connectivity index (χ3n) is 3.14. The smallest absolute Gasteiger partial charge is 0.226 e. The van der Waals surface area contributed by atoms with E-state index in [4.69, 9.17) is 0 Å². The van der Waals surface area contributed by atoms with Gasteiger partial charge in [0, 0.05) is 19.6 Å². The van der Waals surface area contributed by atoms with Crippen LogP contribution in [0, 0.1) is 17.0 Å². The van der Waals surface area contributed by atoms with Crippen molar-refractivity contribution >= 4 is 5.91 Å². The van der Waals surface area contributed by atoms with Crippen molar-refractivity contribution in [3.63, 3.8) is 0 Å². The molecule has 5 heteroatoms. The average Bonchev–Trinajstić information content (AvgIpc) is 2.38. The fourth-order valence-corrected chi connectivity index (χ4v) is 1.73. The molecule has 3 nitrogen and oxygen atoms in total. The molecule has 0 aromatic heterocycles. The highest BCUT2D eigenvalue weighted by molar-refractivity contribution is 5.81. The molecule has 0 spiro atoms. The second kappa shape index (κ2) is 6.10. The lowest BCUT2D eigenvalue weighted by atomic mass is 9.91. The summed E-state index contributed by atoms with van der Waals surface area (Å²) < 4.78 is 26.0. The minimum atomic E-state index is -0.864. The number of benzene rings is 1. The molecule has 0 saturated heterocycles. The quantitative estimate of drug-likeness (QED) is 0.862. The normalized spacial score (nSPS) is 13.2. The van der Waals surface area contributed by atoms with Crippen LogP contribution in [0.3, 0.4) is 0 Å². The Balaban J connectivity index is 2.67. The van der Waals surface area contributed by atoms with Crippen molar-refractivity contribution < 1.29 is 13.6 Å². The zero-order valence-electron chi connectivity index (χ0n) is 11.7. The summed E-state index contributed by atoms with van der Waals surface area (Å²) >= 11 is 0. The molecule has 1 rings (SSSR count). The summed E-state index contributed by atoms with van der Waals surface area (Å²) in [7, 11) is 1.59. The van der Waals surface area contributed by atoms with E-state index in [0.717, 1.165) is 6.07 Å².